The Hall–Kier alpha value is -2.18. The van der Waals surface area contributed by atoms with Crippen LogP contribution in [0.3, 0.4) is 0 Å². The van der Waals surface area contributed by atoms with Crippen molar-refractivity contribution in [3.05, 3.63) is 41.3 Å². The van der Waals surface area contributed by atoms with Gasteiger partial charge in [0.2, 0.25) is 0 Å². The van der Waals surface area contributed by atoms with E-state index in [2.05, 4.69) is 0 Å². The molecule has 218 valence electrons. The summed E-state index contributed by atoms with van der Waals surface area (Å²) in [5, 5.41) is 11.8. The van der Waals surface area contributed by atoms with Crippen LogP contribution in [-0.4, -0.2) is 94.3 Å². The van der Waals surface area contributed by atoms with Crippen molar-refractivity contribution < 1.29 is 27.8 Å². The van der Waals surface area contributed by atoms with Crippen molar-refractivity contribution in [2.24, 2.45) is 5.92 Å². The van der Waals surface area contributed by atoms with Crippen LogP contribution in [0.15, 0.2) is 39.9 Å². The molecule has 39 heavy (non-hydrogen) atoms. The van der Waals surface area contributed by atoms with Crippen molar-refractivity contribution in [2.45, 2.75) is 62.5 Å². The van der Waals surface area contributed by atoms with E-state index in [1.165, 1.54) is 15.6 Å². The van der Waals surface area contributed by atoms with E-state index < -0.39 is 22.2 Å². The second-order valence-corrected chi connectivity index (χ2v) is 13.8. The standard InChI is InChI=1S/C28H43N3O6S2/c1-20-17-31(21(2)19-32)28(33)24-16-23(29(4)5)12-13-25(24)37-22(3)10-7-8-14-36-26(20)18-30(6)39(34,35)27-11-9-15-38-27/h9,11-13,15-16,20-22,26,32H,7-8,10,14,17-19H2,1-6H3/t20-,21-,22+,26-/m1/s1. The number of thiophene rings is 1. The molecule has 0 saturated carbocycles. The largest absolute Gasteiger partial charge is 0.490 e. The maximum atomic E-state index is 14.0. The number of rotatable bonds is 7. The number of sulfonamides is 1. The van der Waals surface area contributed by atoms with E-state index in [9.17, 15) is 18.3 Å². The van der Waals surface area contributed by atoms with Gasteiger partial charge in [0.15, 0.2) is 0 Å². The molecule has 0 spiro atoms. The fourth-order valence-corrected chi connectivity index (χ4v) is 6.95. The molecule has 0 bridgehead atoms. The average molecular weight is 582 g/mol. The molecule has 0 unspecified atom stereocenters. The quantitative estimate of drug-likeness (QED) is 0.529. The summed E-state index contributed by atoms with van der Waals surface area (Å²) in [7, 11) is 1.74. The number of carbonyl (C=O) groups is 1. The highest BCUT2D eigenvalue weighted by Gasteiger charge is 2.32. The van der Waals surface area contributed by atoms with Gasteiger partial charge in [-0.15, -0.1) is 11.3 Å². The number of aliphatic hydroxyl groups is 1. The fraction of sp³-hybridized carbons (Fsp3) is 0.607. The molecule has 3 rings (SSSR count). The first-order chi connectivity index (χ1) is 18.4. The SMILES string of the molecule is C[C@@H]1CN([C@H](C)CO)C(=O)c2cc(N(C)C)ccc2O[C@@H](C)CCCCO[C@@H]1CN(C)S(=O)(=O)c1cccs1. The molecule has 1 N–H and O–H groups in total. The lowest BCUT2D eigenvalue weighted by atomic mass is 10.0. The minimum Gasteiger partial charge on any atom is -0.490 e. The Labute approximate surface area is 237 Å². The van der Waals surface area contributed by atoms with Crippen LogP contribution in [0.25, 0.3) is 0 Å². The lowest BCUT2D eigenvalue weighted by molar-refractivity contribution is -0.00832. The number of hydrogen-bond acceptors (Lipinski definition) is 8. The van der Waals surface area contributed by atoms with E-state index in [4.69, 9.17) is 9.47 Å². The minimum absolute atomic E-state index is 0.106. The van der Waals surface area contributed by atoms with Crippen LogP contribution in [0.2, 0.25) is 0 Å². The van der Waals surface area contributed by atoms with Crippen LogP contribution >= 0.6 is 11.3 Å². The van der Waals surface area contributed by atoms with E-state index in [0.717, 1.165) is 24.9 Å². The molecule has 0 aliphatic carbocycles. The van der Waals surface area contributed by atoms with Crippen molar-refractivity contribution in [3.8, 4) is 5.75 Å². The summed E-state index contributed by atoms with van der Waals surface area (Å²) >= 11 is 1.18. The minimum atomic E-state index is -3.65. The molecular formula is C28H43N3O6S2. The van der Waals surface area contributed by atoms with E-state index in [1.54, 1.807) is 36.4 Å². The maximum absolute atomic E-state index is 14.0. The van der Waals surface area contributed by atoms with E-state index in [-0.39, 0.29) is 41.8 Å². The van der Waals surface area contributed by atoms with Crippen molar-refractivity contribution >= 4 is 33.0 Å². The number of likely N-dealkylation sites (N-methyl/N-ethyl adjacent to an activating group) is 1. The second-order valence-electron chi connectivity index (χ2n) is 10.6. The normalized spacial score (nSPS) is 22.6. The Balaban J connectivity index is 1.96. The van der Waals surface area contributed by atoms with Crippen LogP contribution in [0, 0.1) is 5.92 Å². The molecule has 1 aromatic carbocycles. The highest BCUT2D eigenvalue weighted by atomic mass is 32.2. The summed E-state index contributed by atoms with van der Waals surface area (Å²) < 4.78 is 40.4. The van der Waals surface area contributed by atoms with E-state index >= 15 is 0 Å². The maximum Gasteiger partial charge on any atom is 0.258 e. The molecule has 11 heteroatoms. The van der Waals surface area contributed by atoms with Crippen LogP contribution < -0.4 is 9.64 Å². The van der Waals surface area contributed by atoms with Crippen molar-refractivity contribution in [2.75, 3.05) is 52.3 Å². The topological polar surface area (TPSA) is 99.6 Å². The van der Waals surface area contributed by atoms with Gasteiger partial charge >= 0.3 is 0 Å². The number of anilines is 1. The smallest absolute Gasteiger partial charge is 0.258 e. The van der Waals surface area contributed by atoms with Gasteiger partial charge < -0.3 is 24.4 Å². The molecule has 1 aromatic heterocycles. The third kappa shape index (κ3) is 7.94. The summed E-state index contributed by atoms with van der Waals surface area (Å²) in [6.45, 7) is 6.44. The number of amides is 1. The summed E-state index contributed by atoms with van der Waals surface area (Å²) in [5.74, 6) is 0.0596. The van der Waals surface area contributed by atoms with Gasteiger partial charge in [-0.1, -0.05) is 13.0 Å². The third-order valence-corrected chi connectivity index (χ3v) is 10.3. The molecular weight excluding hydrogens is 538 g/mol. The van der Waals surface area contributed by atoms with Gasteiger partial charge in [0.25, 0.3) is 15.9 Å². The predicted molar refractivity (Wildman–Crippen MR) is 155 cm³/mol. The fourth-order valence-electron chi connectivity index (χ4n) is 4.57. The third-order valence-electron chi connectivity index (χ3n) is 7.15. The van der Waals surface area contributed by atoms with Gasteiger partial charge in [0.1, 0.15) is 9.96 Å². The van der Waals surface area contributed by atoms with Crippen molar-refractivity contribution in [1.29, 1.82) is 0 Å². The second kappa shape index (κ2) is 13.9. The van der Waals surface area contributed by atoms with E-state index in [1.807, 2.05) is 51.0 Å². The highest BCUT2D eigenvalue weighted by molar-refractivity contribution is 7.91. The Kier molecular flexibility index (Phi) is 11.2. The first kappa shape index (κ1) is 31.3. The highest BCUT2D eigenvalue weighted by Crippen LogP contribution is 2.29. The molecule has 0 fully saturated rings. The molecule has 1 aliphatic rings. The summed E-state index contributed by atoms with van der Waals surface area (Å²) in [5.41, 5.74) is 1.30. The number of hydrogen-bond donors (Lipinski definition) is 1. The molecule has 4 atom stereocenters. The zero-order chi connectivity index (χ0) is 28.7. The number of aliphatic hydroxyl groups excluding tert-OH is 1. The summed E-state index contributed by atoms with van der Waals surface area (Å²) in [6.07, 6.45) is 1.91. The number of nitrogens with zero attached hydrogens (tertiary/aromatic N) is 3. The Morgan fingerprint density at radius 1 is 1.18 bits per heavy atom. The van der Waals surface area contributed by atoms with Gasteiger partial charge in [-0.25, -0.2) is 8.42 Å². The Bertz CT molecular complexity index is 1170. The zero-order valence-corrected chi connectivity index (χ0v) is 25.5. The number of fused-ring (bicyclic) bond motifs is 1. The van der Waals surface area contributed by atoms with Crippen LogP contribution in [0.1, 0.15) is 50.4 Å². The predicted octanol–water partition coefficient (Wildman–Crippen LogP) is 3.93. The molecule has 0 radical (unpaired) electrons. The summed E-state index contributed by atoms with van der Waals surface area (Å²) in [6, 6.07) is 8.45. The molecule has 2 aromatic rings. The lowest BCUT2D eigenvalue weighted by Crippen LogP contribution is -2.48. The monoisotopic (exact) mass is 581 g/mol. The Morgan fingerprint density at radius 3 is 2.56 bits per heavy atom. The van der Waals surface area contributed by atoms with Gasteiger partial charge in [-0.3, -0.25) is 4.79 Å². The number of benzene rings is 1. The first-order valence-electron chi connectivity index (χ1n) is 13.5. The average Bonchev–Trinajstić information content (AvgIpc) is 3.45. The zero-order valence-electron chi connectivity index (χ0n) is 23.9. The van der Waals surface area contributed by atoms with Gasteiger partial charge in [0.05, 0.1) is 30.4 Å². The Morgan fingerprint density at radius 2 is 1.92 bits per heavy atom. The number of ether oxygens (including phenoxy) is 2. The number of carbonyl (C=O) groups excluding carboxylic acids is 1. The van der Waals surface area contributed by atoms with Gasteiger partial charge in [-0.05, 0) is 62.8 Å². The molecule has 1 amide bonds. The van der Waals surface area contributed by atoms with Gasteiger partial charge in [-0.2, -0.15) is 4.31 Å². The first-order valence-corrected chi connectivity index (χ1v) is 15.8. The van der Waals surface area contributed by atoms with E-state index in [0.29, 0.717) is 17.9 Å². The molecule has 9 nitrogen and oxygen atoms in total. The lowest BCUT2D eigenvalue weighted by Gasteiger charge is -2.35. The summed E-state index contributed by atoms with van der Waals surface area (Å²) in [4.78, 5) is 17.6. The molecule has 2 heterocycles. The van der Waals surface area contributed by atoms with Crippen LogP contribution in [-0.2, 0) is 14.8 Å². The van der Waals surface area contributed by atoms with Crippen LogP contribution in [0.5, 0.6) is 5.75 Å². The van der Waals surface area contributed by atoms with Crippen LogP contribution in [0.4, 0.5) is 5.69 Å². The van der Waals surface area contributed by atoms with Crippen molar-refractivity contribution in [3.63, 3.8) is 0 Å². The van der Waals surface area contributed by atoms with Crippen molar-refractivity contribution in [1.82, 2.24) is 9.21 Å². The molecule has 0 saturated heterocycles. The van der Waals surface area contributed by atoms with Gasteiger partial charge in [0, 0.05) is 52.4 Å². The molecule has 1 aliphatic heterocycles.